The fourth-order valence-corrected chi connectivity index (χ4v) is 7.74. The highest BCUT2D eigenvalue weighted by molar-refractivity contribution is 6.76. The molecule has 3 nitrogen and oxygen atoms in total. The Kier molecular flexibility index (Phi) is 7.16. The lowest BCUT2D eigenvalue weighted by molar-refractivity contribution is -0.657. The van der Waals surface area contributed by atoms with E-state index in [1.165, 1.54) is 49.7 Å². The first kappa shape index (κ1) is 30.9. The van der Waals surface area contributed by atoms with Gasteiger partial charge in [0.25, 0.3) is 0 Å². The fraction of sp³-hybridized carbons (Fsp3) is 0.200. The van der Waals surface area contributed by atoms with Crippen molar-refractivity contribution in [2.24, 2.45) is 12.0 Å². The number of fused-ring (bicyclic) bond motifs is 3. The second-order valence-corrected chi connectivity index (χ2v) is 15.0. The average molecular weight is 635 g/mol. The summed E-state index contributed by atoms with van der Waals surface area (Å²) in [4.78, 5) is 7.71. The van der Waals surface area contributed by atoms with E-state index in [9.17, 15) is 0 Å². The zero-order valence-electron chi connectivity index (χ0n) is 29.5. The van der Waals surface area contributed by atoms with Crippen LogP contribution in [0.5, 0.6) is 0 Å². The minimum absolute atomic E-state index is 0.0343. The predicted molar refractivity (Wildman–Crippen MR) is 207 cm³/mol. The normalized spacial score (nSPS) is 14.8. The summed E-state index contributed by atoms with van der Waals surface area (Å²) < 4.78 is 2.15. The van der Waals surface area contributed by atoms with Crippen molar-refractivity contribution in [3.63, 3.8) is 0 Å². The van der Waals surface area contributed by atoms with Gasteiger partial charge in [-0.2, -0.15) is 0 Å². The van der Waals surface area contributed by atoms with Gasteiger partial charge in [0.05, 0.1) is 18.8 Å². The molecule has 4 heteroatoms. The number of anilines is 1. The predicted octanol–water partition coefficient (Wildman–Crippen LogP) is 10.0. The van der Waals surface area contributed by atoms with Crippen LogP contribution in [0.15, 0.2) is 126 Å². The Morgan fingerprint density at radius 1 is 0.735 bits per heavy atom. The molecule has 0 unspecified atom stereocenters. The molecule has 0 saturated heterocycles. The zero-order chi connectivity index (χ0) is 34.1. The summed E-state index contributed by atoms with van der Waals surface area (Å²) in [5, 5.41) is 2.44. The molecule has 8 rings (SSSR count). The van der Waals surface area contributed by atoms with E-state index in [2.05, 4.69) is 191 Å². The highest BCUT2D eigenvalue weighted by Gasteiger charge is 2.38. The third-order valence-electron chi connectivity index (χ3n) is 10.4. The van der Waals surface area contributed by atoms with Crippen molar-refractivity contribution in [2.45, 2.75) is 52.3 Å². The van der Waals surface area contributed by atoms with Crippen molar-refractivity contribution in [3.05, 3.63) is 149 Å². The summed E-state index contributed by atoms with van der Waals surface area (Å²) in [6.07, 6.45) is 2.22. The Hall–Kier alpha value is -5.40. The molecule has 0 atom stereocenters. The fourth-order valence-electron chi connectivity index (χ4n) is 7.74. The second kappa shape index (κ2) is 11.4. The number of rotatable bonds is 3. The van der Waals surface area contributed by atoms with Crippen LogP contribution in [0.4, 0.5) is 11.5 Å². The topological polar surface area (TPSA) is 19.5 Å². The van der Waals surface area contributed by atoms with Crippen molar-refractivity contribution in [3.8, 4) is 34.0 Å². The van der Waals surface area contributed by atoms with Gasteiger partial charge in [0.2, 0.25) is 5.84 Å². The summed E-state index contributed by atoms with van der Waals surface area (Å²) in [5.41, 5.74) is 12.6. The summed E-state index contributed by atoms with van der Waals surface area (Å²) in [6, 6.07) is 41.7. The number of benzene rings is 5. The van der Waals surface area contributed by atoms with Crippen molar-refractivity contribution >= 4 is 35.0 Å². The summed E-state index contributed by atoms with van der Waals surface area (Å²) in [7, 11) is 2.10. The van der Waals surface area contributed by atoms with E-state index in [0.29, 0.717) is 0 Å². The Labute approximate surface area is 291 Å². The van der Waals surface area contributed by atoms with Crippen LogP contribution in [0, 0.1) is 11.7 Å². The molecule has 0 bridgehead atoms. The Balaban J connectivity index is 1.19. The number of nitrogens with zero attached hydrogens (tertiary/aromatic N) is 3. The molecule has 5 aromatic carbocycles. The van der Waals surface area contributed by atoms with Gasteiger partial charge in [-0.1, -0.05) is 126 Å². The number of aromatic nitrogens is 1. The van der Waals surface area contributed by atoms with Gasteiger partial charge in [-0.05, 0) is 79.5 Å². The van der Waals surface area contributed by atoms with Gasteiger partial charge in [-0.15, -0.1) is 5.82 Å². The van der Waals surface area contributed by atoms with E-state index in [4.69, 9.17) is 4.99 Å². The van der Waals surface area contributed by atoms with Gasteiger partial charge in [0.1, 0.15) is 0 Å². The van der Waals surface area contributed by atoms with E-state index in [1.807, 2.05) is 0 Å². The zero-order valence-corrected chi connectivity index (χ0v) is 29.5. The van der Waals surface area contributed by atoms with Gasteiger partial charge >= 0.3 is 12.7 Å². The number of hydrogen-bond donors (Lipinski definition) is 0. The molecule has 0 saturated carbocycles. The van der Waals surface area contributed by atoms with Crippen LogP contribution in [-0.2, 0) is 17.9 Å². The molecule has 2 aliphatic rings. The molecule has 6 aromatic rings. The second-order valence-electron chi connectivity index (χ2n) is 15.0. The van der Waals surface area contributed by atoms with E-state index >= 15 is 0 Å². The third kappa shape index (κ3) is 5.08. The minimum atomic E-state index is -0.0982. The number of hydrogen-bond acceptors (Lipinski definition) is 1. The molecule has 49 heavy (non-hydrogen) atoms. The third-order valence-corrected chi connectivity index (χ3v) is 10.4. The quantitative estimate of drug-likeness (QED) is 0.108. The molecule has 238 valence electrons. The highest BCUT2D eigenvalue weighted by Crippen LogP contribution is 2.51. The molecule has 0 fully saturated rings. The number of pyridine rings is 1. The van der Waals surface area contributed by atoms with Gasteiger partial charge in [0.15, 0.2) is 0 Å². The molecule has 1 aliphatic carbocycles. The van der Waals surface area contributed by atoms with Crippen LogP contribution >= 0.6 is 0 Å². The molecule has 0 radical (unpaired) electrons. The number of amidine groups is 1. The maximum absolute atomic E-state index is 5.40. The van der Waals surface area contributed by atoms with E-state index in [1.54, 1.807) is 0 Å². The maximum atomic E-state index is 5.40. The maximum Gasteiger partial charge on any atom is 0.347 e. The molecule has 0 spiro atoms. The summed E-state index contributed by atoms with van der Waals surface area (Å²) >= 11 is 0. The molecular formula is C45H41BN3+. The molecular weight excluding hydrogens is 593 g/mol. The molecule has 1 aliphatic heterocycles. The van der Waals surface area contributed by atoms with Crippen LogP contribution in [0.3, 0.4) is 0 Å². The van der Waals surface area contributed by atoms with Crippen LogP contribution < -0.4 is 9.38 Å². The lowest BCUT2D eigenvalue weighted by atomic mass is 9.63. The highest BCUT2D eigenvalue weighted by atomic mass is 15.2. The number of aliphatic imine (C=N–C) groups is 1. The van der Waals surface area contributed by atoms with E-state index < -0.39 is 0 Å². The molecule has 2 heterocycles. The Morgan fingerprint density at radius 3 is 2.16 bits per heavy atom. The lowest BCUT2D eigenvalue weighted by Gasteiger charge is -2.21. The van der Waals surface area contributed by atoms with Gasteiger partial charge in [-0.3, -0.25) is 0 Å². The minimum Gasteiger partial charge on any atom is -0.337 e. The standard InChI is InChI=1S/C45H41BN3/c1-44(2,3)33-24-21-30(22-25-33)27-28-46(6)49-39-20-11-14-31-13-10-17-36(41(31)39)43(49)47-40-26-23-32(29-48(40)7)34-16-12-19-38-42(34)35-15-8-9-18-37(35)45(38,4)5/h8-26,29H,1-7H3/q+1. The first-order chi connectivity index (χ1) is 23.5. The molecule has 0 N–H and O–H groups in total. The SMILES string of the molecule is CB(C#Cc1ccc(C(C)(C)C)cc1)N1C(=Nc2ccc(-c3cccc4c3-c3ccccc3C4(C)C)c[n+]2C)c2cccc3cccc1c23. The van der Waals surface area contributed by atoms with Crippen LogP contribution in [0.2, 0.25) is 6.82 Å². The average Bonchev–Trinajstić information content (AvgIpc) is 3.54. The van der Waals surface area contributed by atoms with Crippen molar-refractivity contribution in [2.75, 3.05) is 4.81 Å². The van der Waals surface area contributed by atoms with E-state index in [0.717, 1.165) is 28.5 Å². The molecule has 1 aromatic heterocycles. The van der Waals surface area contributed by atoms with Crippen LogP contribution in [0.25, 0.3) is 33.0 Å². The first-order valence-corrected chi connectivity index (χ1v) is 17.3. The van der Waals surface area contributed by atoms with Gasteiger partial charge in [-0.25, -0.2) is 4.57 Å². The van der Waals surface area contributed by atoms with Crippen LogP contribution in [0.1, 0.15) is 62.4 Å². The smallest absolute Gasteiger partial charge is 0.337 e. The van der Waals surface area contributed by atoms with Crippen molar-refractivity contribution in [1.82, 2.24) is 0 Å². The van der Waals surface area contributed by atoms with Gasteiger partial charge in [0, 0.05) is 33.7 Å². The largest absolute Gasteiger partial charge is 0.347 e. The first-order valence-electron chi connectivity index (χ1n) is 17.3. The van der Waals surface area contributed by atoms with E-state index in [-0.39, 0.29) is 17.7 Å². The van der Waals surface area contributed by atoms with Crippen molar-refractivity contribution < 1.29 is 4.57 Å². The van der Waals surface area contributed by atoms with Crippen LogP contribution in [-0.4, -0.2) is 12.7 Å². The lowest BCUT2D eigenvalue weighted by Crippen LogP contribution is -2.40. The Morgan fingerprint density at radius 2 is 1.41 bits per heavy atom. The monoisotopic (exact) mass is 634 g/mol. The molecule has 0 amide bonds. The Bertz CT molecular complexity index is 2380. The summed E-state index contributed by atoms with van der Waals surface area (Å²) in [6.45, 7) is 13.5. The number of aryl methyl sites for hydroxylation is 1. The van der Waals surface area contributed by atoms with Gasteiger partial charge < -0.3 is 4.81 Å². The summed E-state index contributed by atoms with van der Waals surface area (Å²) in [5.74, 6) is 8.84. The van der Waals surface area contributed by atoms with Crippen molar-refractivity contribution in [1.29, 1.82) is 0 Å².